The van der Waals surface area contributed by atoms with Gasteiger partial charge in [0.2, 0.25) is 17.8 Å². The van der Waals surface area contributed by atoms with Crippen LogP contribution in [0.2, 0.25) is 0 Å². The van der Waals surface area contributed by atoms with E-state index in [2.05, 4.69) is 38.6 Å². The normalized spacial score (nSPS) is 18.9. The highest BCUT2D eigenvalue weighted by Gasteiger charge is 2.28. The largest absolute Gasteiger partial charge is 0.368 e. The molecule has 7 nitrogen and oxygen atoms in total. The molecule has 1 aliphatic rings. The Balaban J connectivity index is 2.13. The summed E-state index contributed by atoms with van der Waals surface area (Å²) < 4.78 is 0. The summed E-state index contributed by atoms with van der Waals surface area (Å²) in [5.74, 6) is 1.58. The highest BCUT2D eigenvalue weighted by molar-refractivity contribution is 5.43. The number of nitrogens with zero attached hydrogens (tertiary/aromatic N) is 6. The maximum atomic E-state index is 5.79. The first-order valence-corrected chi connectivity index (χ1v) is 7.23. The Morgan fingerprint density at radius 2 is 1.90 bits per heavy atom. The number of likely N-dealkylation sites (N-methyl/N-ethyl adjacent to an activating group) is 1. The Morgan fingerprint density at radius 1 is 1.20 bits per heavy atom. The molecule has 20 heavy (non-hydrogen) atoms. The lowest BCUT2D eigenvalue weighted by atomic mass is 10.2. The lowest BCUT2D eigenvalue weighted by Crippen LogP contribution is -2.37. The molecule has 112 valence electrons. The number of aromatic nitrogens is 3. The summed E-state index contributed by atoms with van der Waals surface area (Å²) in [7, 11) is 3.81. The fourth-order valence-electron chi connectivity index (χ4n) is 2.67. The predicted molar refractivity (Wildman–Crippen MR) is 82.1 cm³/mol. The number of nitrogens with two attached hydrogens (primary N) is 1. The van der Waals surface area contributed by atoms with E-state index in [0.29, 0.717) is 17.9 Å². The fourth-order valence-corrected chi connectivity index (χ4v) is 2.67. The second kappa shape index (κ2) is 6.21. The van der Waals surface area contributed by atoms with Crippen molar-refractivity contribution in [3.05, 3.63) is 0 Å². The third kappa shape index (κ3) is 3.09. The summed E-state index contributed by atoms with van der Waals surface area (Å²) in [5.41, 5.74) is 5.79. The van der Waals surface area contributed by atoms with Gasteiger partial charge in [-0.25, -0.2) is 0 Å². The van der Waals surface area contributed by atoms with Crippen LogP contribution in [0.3, 0.4) is 0 Å². The van der Waals surface area contributed by atoms with E-state index >= 15 is 0 Å². The van der Waals surface area contributed by atoms with Crippen LogP contribution in [0.1, 0.15) is 20.3 Å². The smallest absolute Gasteiger partial charge is 0.232 e. The van der Waals surface area contributed by atoms with E-state index < -0.39 is 0 Å². The molecule has 1 aliphatic heterocycles. The average molecular weight is 279 g/mol. The molecule has 1 fully saturated rings. The molecular weight excluding hydrogens is 254 g/mol. The number of nitrogen functional groups attached to an aromatic ring is 1. The molecule has 1 aromatic rings. The molecule has 0 spiro atoms. The molecule has 1 atom stereocenters. The lowest BCUT2D eigenvalue weighted by molar-refractivity contribution is 0.232. The van der Waals surface area contributed by atoms with Gasteiger partial charge in [0.15, 0.2) is 0 Å². The molecule has 0 aliphatic carbocycles. The van der Waals surface area contributed by atoms with Crippen molar-refractivity contribution < 1.29 is 0 Å². The number of hydrogen-bond donors (Lipinski definition) is 1. The Labute approximate surface area is 120 Å². The minimum Gasteiger partial charge on any atom is -0.368 e. The van der Waals surface area contributed by atoms with E-state index in [9.17, 15) is 0 Å². The maximum Gasteiger partial charge on any atom is 0.232 e. The Hall–Kier alpha value is -1.63. The molecule has 0 saturated carbocycles. The summed E-state index contributed by atoms with van der Waals surface area (Å²) in [4.78, 5) is 19.4. The van der Waals surface area contributed by atoms with Crippen molar-refractivity contribution in [1.82, 2.24) is 19.9 Å². The van der Waals surface area contributed by atoms with Crippen LogP contribution in [-0.4, -0.2) is 66.2 Å². The summed E-state index contributed by atoms with van der Waals surface area (Å²) in [6, 6.07) is 0.575. The SMILES string of the molecule is CCN(CC)C1CCN(c2nc(N)nc(N(C)C)n2)C1. The van der Waals surface area contributed by atoms with Gasteiger partial charge in [-0.15, -0.1) is 0 Å². The van der Waals surface area contributed by atoms with Crippen molar-refractivity contribution in [1.29, 1.82) is 0 Å². The van der Waals surface area contributed by atoms with Crippen LogP contribution in [0.15, 0.2) is 0 Å². The van der Waals surface area contributed by atoms with E-state index in [1.807, 2.05) is 19.0 Å². The molecule has 7 heteroatoms. The Morgan fingerprint density at radius 3 is 2.50 bits per heavy atom. The maximum absolute atomic E-state index is 5.79. The molecule has 0 aromatic carbocycles. The Bertz CT molecular complexity index is 444. The highest BCUT2D eigenvalue weighted by atomic mass is 15.4. The molecule has 1 saturated heterocycles. The zero-order valence-electron chi connectivity index (χ0n) is 12.9. The zero-order valence-corrected chi connectivity index (χ0v) is 12.9. The van der Waals surface area contributed by atoms with Crippen LogP contribution in [-0.2, 0) is 0 Å². The molecule has 2 N–H and O–H groups in total. The van der Waals surface area contributed by atoms with Crippen molar-refractivity contribution in [2.24, 2.45) is 0 Å². The van der Waals surface area contributed by atoms with Gasteiger partial charge in [0.1, 0.15) is 0 Å². The van der Waals surface area contributed by atoms with Crippen molar-refractivity contribution in [2.45, 2.75) is 26.3 Å². The quantitative estimate of drug-likeness (QED) is 0.838. The summed E-state index contributed by atoms with van der Waals surface area (Å²) >= 11 is 0. The third-order valence-electron chi connectivity index (χ3n) is 3.80. The van der Waals surface area contributed by atoms with Crippen LogP contribution >= 0.6 is 0 Å². The van der Waals surface area contributed by atoms with Gasteiger partial charge in [-0.2, -0.15) is 15.0 Å². The first-order chi connectivity index (χ1) is 9.55. The van der Waals surface area contributed by atoms with Gasteiger partial charge in [-0.1, -0.05) is 13.8 Å². The van der Waals surface area contributed by atoms with Gasteiger partial charge in [0.25, 0.3) is 0 Å². The van der Waals surface area contributed by atoms with E-state index in [-0.39, 0.29) is 5.95 Å². The molecule has 2 heterocycles. The van der Waals surface area contributed by atoms with Crippen molar-refractivity contribution in [2.75, 3.05) is 55.8 Å². The first-order valence-electron chi connectivity index (χ1n) is 7.23. The van der Waals surface area contributed by atoms with Crippen LogP contribution in [0, 0.1) is 0 Å². The Kier molecular flexibility index (Phi) is 4.59. The van der Waals surface area contributed by atoms with E-state index in [1.54, 1.807) is 0 Å². The van der Waals surface area contributed by atoms with Crippen molar-refractivity contribution >= 4 is 17.8 Å². The molecule has 0 radical (unpaired) electrons. The van der Waals surface area contributed by atoms with Gasteiger partial charge in [-0.3, -0.25) is 4.90 Å². The van der Waals surface area contributed by atoms with Crippen molar-refractivity contribution in [3.63, 3.8) is 0 Å². The van der Waals surface area contributed by atoms with E-state index in [4.69, 9.17) is 5.73 Å². The molecule has 2 rings (SSSR count). The van der Waals surface area contributed by atoms with Gasteiger partial charge >= 0.3 is 0 Å². The summed E-state index contributed by atoms with van der Waals surface area (Å²) in [6.45, 7) is 8.50. The van der Waals surface area contributed by atoms with Gasteiger partial charge in [0, 0.05) is 33.2 Å². The van der Waals surface area contributed by atoms with Gasteiger partial charge in [-0.05, 0) is 19.5 Å². The fraction of sp³-hybridized carbons (Fsp3) is 0.769. The molecular formula is C13H25N7. The summed E-state index contributed by atoms with van der Waals surface area (Å²) in [5, 5.41) is 0. The highest BCUT2D eigenvalue weighted by Crippen LogP contribution is 2.21. The molecule has 1 aromatic heterocycles. The van der Waals surface area contributed by atoms with Gasteiger partial charge in [0.05, 0.1) is 0 Å². The lowest BCUT2D eigenvalue weighted by Gasteiger charge is -2.26. The number of rotatable bonds is 5. The molecule has 1 unspecified atom stereocenters. The first kappa shape index (κ1) is 14.8. The second-order valence-corrected chi connectivity index (χ2v) is 5.30. The minimum absolute atomic E-state index is 0.282. The van der Waals surface area contributed by atoms with Crippen molar-refractivity contribution in [3.8, 4) is 0 Å². The van der Waals surface area contributed by atoms with Crippen LogP contribution in [0.25, 0.3) is 0 Å². The minimum atomic E-state index is 0.282. The standard InChI is InChI=1S/C13H25N7/c1-5-19(6-2)10-7-8-20(9-10)13-16-11(14)15-12(17-13)18(3)4/h10H,5-9H2,1-4H3,(H2,14,15,16,17). The molecule has 0 amide bonds. The van der Waals surface area contributed by atoms with E-state index in [0.717, 1.165) is 32.6 Å². The average Bonchev–Trinajstić information content (AvgIpc) is 2.89. The third-order valence-corrected chi connectivity index (χ3v) is 3.80. The summed E-state index contributed by atoms with van der Waals surface area (Å²) in [6.07, 6.45) is 1.14. The van der Waals surface area contributed by atoms with Gasteiger partial charge < -0.3 is 15.5 Å². The number of anilines is 3. The monoisotopic (exact) mass is 279 g/mol. The van der Waals surface area contributed by atoms with Crippen LogP contribution < -0.4 is 15.5 Å². The van der Waals surface area contributed by atoms with Crippen LogP contribution in [0.4, 0.5) is 17.8 Å². The van der Waals surface area contributed by atoms with Crippen LogP contribution in [0.5, 0.6) is 0 Å². The second-order valence-electron chi connectivity index (χ2n) is 5.30. The number of hydrogen-bond acceptors (Lipinski definition) is 7. The topological polar surface area (TPSA) is 74.4 Å². The predicted octanol–water partition coefficient (Wildman–Crippen LogP) is 0.440. The van der Waals surface area contributed by atoms with E-state index in [1.165, 1.54) is 0 Å². The zero-order chi connectivity index (χ0) is 14.7. The molecule has 0 bridgehead atoms.